The van der Waals surface area contributed by atoms with Crippen LogP contribution in [0.25, 0.3) is 0 Å². The minimum absolute atomic E-state index is 0. The second-order valence-electron chi connectivity index (χ2n) is 7.96. The molecule has 0 aliphatic heterocycles. The van der Waals surface area contributed by atoms with Gasteiger partial charge in [-0.25, -0.2) is 0 Å². The Labute approximate surface area is 165 Å². The molecule has 0 saturated heterocycles. The van der Waals surface area contributed by atoms with Crippen LogP contribution in [0.1, 0.15) is 117 Å². The lowest BCUT2D eigenvalue weighted by Gasteiger charge is -2.05. The minimum Gasteiger partial charge on any atom is -0.395 e. The van der Waals surface area contributed by atoms with Gasteiger partial charge in [0, 0.05) is 6.54 Å². The summed E-state index contributed by atoms with van der Waals surface area (Å²) in [5.74, 6) is 0.888. The molecule has 0 amide bonds. The number of hydrogen-bond donors (Lipinski definition) is 2. The predicted octanol–water partition coefficient (Wildman–Crippen LogP) is 6.89. The molecule has 0 aromatic rings. The quantitative estimate of drug-likeness (QED) is 0.226. The van der Waals surface area contributed by atoms with Crippen LogP contribution in [0, 0.1) is 5.92 Å². The van der Waals surface area contributed by atoms with Gasteiger partial charge in [0.1, 0.15) is 0 Å². The highest BCUT2D eigenvalue weighted by molar-refractivity contribution is 5.85. The van der Waals surface area contributed by atoms with Crippen molar-refractivity contribution in [2.75, 3.05) is 19.7 Å². The molecule has 0 heterocycles. The molecule has 2 nitrogen and oxygen atoms in total. The lowest BCUT2D eigenvalue weighted by molar-refractivity contribution is 0.292. The maximum atomic E-state index is 8.66. The molecule has 0 radical (unpaired) electrons. The first-order valence-corrected chi connectivity index (χ1v) is 11.1. The van der Waals surface area contributed by atoms with Gasteiger partial charge in [-0.2, -0.15) is 0 Å². The second kappa shape index (κ2) is 24.2. The molecule has 3 heteroatoms. The van der Waals surface area contributed by atoms with E-state index in [4.69, 9.17) is 5.11 Å². The molecule has 0 rings (SSSR count). The standard InChI is InChI=1S/C22H47NO.ClH/c1-22(2)18-16-14-12-10-8-6-4-3-5-7-9-11-13-15-17-19-23-20-21-24;/h22-24H,3-21H2,1-2H3;1H. The lowest BCUT2D eigenvalue weighted by atomic mass is 10.0. The SMILES string of the molecule is CC(C)CCCCCCCCCCCCCCCCCNCCO.Cl. The first-order valence-electron chi connectivity index (χ1n) is 11.1. The third kappa shape index (κ3) is 26.5. The third-order valence-electron chi connectivity index (χ3n) is 4.92. The minimum atomic E-state index is 0. The van der Waals surface area contributed by atoms with Gasteiger partial charge >= 0.3 is 0 Å². The first-order chi connectivity index (χ1) is 11.8. The van der Waals surface area contributed by atoms with Crippen LogP contribution in [0.5, 0.6) is 0 Å². The van der Waals surface area contributed by atoms with E-state index in [0.29, 0.717) is 0 Å². The van der Waals surface area contributed by atoms with E-state index in [0.717, 1.165) is 19.0 Å². The van der Waals surface area contributed by atoms with Crippen molar-refractivity contribution in [3.63, 3.8) is 0 Å². The van der Waals surface area contributed by atoms with Gasteiger partial charge in [0.05, 0.1) is 6.61 Å². The number of aliphatic hydroxyl groups excluding tert-OH is 1. The zero-order valence-corrected chi connectivity index (χ0v) is 18.2. The summed E-state index contributed by atoms with van der Waals surface area (Å²) in [5.41, 5.74) is 0. The van der Waals surface area contributed by atoms with Crippen molar-refractivity contribution in [2.24, 2.45) is 5.92 Å². The zero-order valence-electron chi connectivity index (χ0n) is 17.4. The highest BCUT2D eigenvalue weighted by Gasteiger charge is 1.96. The Bertz CT molecular complexity index is 224. The number of aliphatic hydroxyl groups is 1. The van der Waals surface area contributed by atoms with Gasteiger partial charge < -0.3 is 10.4 Å². The van der Waals surface area contributed by atoms with Crippen molar-refractivity contribution >= 4 is 12.4 Å². The normalized spacial score (nSPS) is 11.0. The van der Waals surface area contributed by atoms with Crippen molar-refractivity contribution in [3.8, 4) is 0 Å². The monoisotopic (exact) mass is 377 g/mol. The fourth-order valence-corrected chi connectivity index (χ4v) is 3.30. The molecule has 25 heavy (non-hydrogen) atoms. The van der Waals surface area contributed by atoms with Crippen LogP contribution in [-0.2, 0) is 0 Å². The Morgan fingerprint density at radius 2 is 0.920 bits per heavy atom. The van der Waals surface area contributed by atoms with E-state index in [2.05, 4.69) is 19.2 Å². The lowest BCUT2D eigenvalue weighted by Crippen LogP contribution is -2.19. The first kappa shape index (κ1) is 27.4. The van der Waals surface area contributed by atoms with Crippen molar-refractivity contribution < 1.29 is 5.11 Å². The van der Waals surface area contributed by atoms with E-state index in [1.807, 2.05) is 0 Å². The molecule has 0 saturated carbocycles. The maximum Gasteiger partial charge on any atom is 0.0555 e. The number of hydrogen-bond acceptors (Lipinski definition) is 2. The van der Waals surface area contributed by atoms with Crippen LogP contribution in [0.4, 0.5) is 0 Å². The van der Waals surface area contributed by atoms with Gasteiger partial charge in [-0.1, -0.05) is 110 Å². The molecule has 0 fully saturated rings. The van der Waals surface area contributed by atoms with Gasteiger partial charge in [-0.15, -0.1) is 12.4 Å². The van der Waals surface area contributed by atoms with Gasteiger partial charge in [-0.05, 0) is 18.9 Å². The fraction of sp³-hybridized carbons (Fsp3) is 1.00. The molecule has 0 spiro atoms. The second-order valence-corrected chi connectivity index (χ2v) is 7.96. The Morgan fingerprint density at radius 1 is 0.560 bits per heavy atom. The summed E-state index contributed by atoms with van der Waals surface area (Å²) in [6, 6.07) is 0. The zero-order chi connectivity index (χ0) is 17.7. The van der Waals surface area contributed by atoms with Crippen LogP contribution in [0.3, 0.4) is 0 Å². The molecule has 0 aliphatic rings. The fourth-order valence-electron chi connectivity index (χ4n) is 3.30. The van der Waals surface area contributed by atoms with Crippen LogP contribution in [0.15, 0.2) is 0 Å². The smallest absolute Gasteiger partial charge is 0.0555 e. The summed E-state index contributed by atoms with van der Waals surface area (Å²) in [4.78, 5) is 0. The number of halogens is 1. The van der Waals surface area contributed by atoms with Crippen LogP contribution < -0.4 is 5.32 Å². The third-order valence-corrected chi connectivity index (χ3v) is 4.92. The summed E-state index contributed by atoms with van der Waals surface area (Å²) >= 11 is 0. The van der Waals surface area contributed by atoms with Crippen molar-refractivity contribution in [1.29, 1.82) is 0 Å². The van der Waals surface area contributed by atoms with E-state index < -0.39 is 0 Å². The molecule has 0 aromatic carbocycles. The molecule has 0 bridgehead atoms. The maximum absolute atomic E-state index is 8.66. The van der Waals surface area contributed by atoms with E-state index >= 15 is 0 Å². The van der Waals surface area contributed by atoms with Gasteiger partial charge in [0.15, 0.2) is 0 Å². The van der Waals surface area contributed by atoms with Crippen LogP contribution in [0.2, 0.25) is 0 Å². The average molecular weight is 378 g/mol. The van der Waals surface area contributed by atoms with Crippen LogP contribution >= 0.6 is 12.4 Å². The molecule has 2 N–H and O–H groups in total. The van der Waals surface area contributed by atoms with E-state index in [-0.39, 0.29) is 19.0 Å². The molecule has 0 unspecified atom stereocenters. The molecule has 0 atom stereocenters. The molecule has 154 valence electrons. The Morgan fingerprint density at radius 3 is 1.28 bits per heavy atom. The van der Waals surface area contributed by atoms with E-state index in [9.17, 15) is 0 Å². The summed E-state index contributed by atoms with van der Waals surface area (Å²) in [6.45, 7) is 6.74. The Kier molecular flexibility index (Phi) is 26.6. The summed E-state index contributed by atoms with van der Waals surface area (Å²) in [5, 5.41) is 11.9. The Balaban J connectivity index is 0. The number of rotatable bonds is 20. The summed E-state index contributed by atoms with van der Waals surface area (Å²) in [6.07, 6.45) is 22.8. The van der Waals surface area contributed by atoms with Gasteiger partial charge in [-0.3, -0.25) is 0 Å². The predicted molar refractivity (Wildman–Crippen MR) is 116 cm³/mol. The highest BCUT2D eigenvalue weighted by atomic mass is 35.5. The summed E-state index contributed by atoms with van der Waals surface area (Å²) in [7, 11) is 0. The van der Waals surface area contributed by atoms with Crippen molar-refractivity contribution in [1.82, 2.24) is 5.32 Å². The van der Waals surface area contributed by atoms with E-state index in [1.54, 1.807) is 0 Å². The van der Waals surface area contributed by atoms with Crippen molar-refractivity contribution in [3.05, 3.63) is 0 Å². The summed E-state index contributed by atoms with van der Waals surface area (Å²) < 4.78 is 0. The highest BCUT2D eigenvalue weighted by Crippen LogP contribution is 2.14. The topological polar surface area (TPSA) is 32.3 Å². The van der Waals surface area contributed by atoms with E-state index in [1.165, 1.54) is 103 Å². The molecule has 0 aromatic heterocycles. The molecule has 0 aliphatic carbocycles. The molecular formula is C22H48ClNO. The van der Waals surface area contributed by atoms with Crippen molar-refractivity contribution in [2.45, 2.75) is 117 Å². The number of nitrogens with one attached hydrogen (secondary N) is 1. The largest absolute Gasteiger partial charge is 0.395 e. The van der Waals surface area contributed by atoms with Gasteiger partial charge in [0.2, 0.25) is 0 Å². The Hall–Kier alpha value is 0.210. The van der Waals surface area contributed by atoms with Crippen LogP contribution in [-0.4, -0.2) is 24.8 Å². The average Bonchev–Trinajstić information content (AvgIpc) is 2.56. The van der Waals surface area contributed by atoms with Gasteiger partial charge in [0.25, 0.3) is 0 Å². The number of unbranched alkanes of at least 4 members (excludes halogenated alkanes) is 14. The molecular weight excluding hydrogens is 330 g/mol.